The maximum absolute atomic E-state index is 10.9. The van der Waals surface area contributed by atoms with Gasteiger partial charge in [-0.1, -0.05) is 58.4 Å². The molecule has 0 aliphatic carbocycles. The second-order valence-electron chi connectivity index (χ2n) is 13.6. The molecular weight excluding hydrogens is 1020 g/mol. The Kier molecular flexibility index (Phi) is 25.0. The molecule has 6 N–H and O–H groups in total. The first-order chi connectivity index (χ1) is 32.8. The molecular formula is C47H47BBrN4O11S4. The zero-order valence-corrected chi connectivity index (χ0v) is 41.7. The molecule has 0 amide bonds. The molecule has 1 radical (unpaired) electrons. The van der Waals surface area contributed by atoms with Gasteiger partial charge >= 0.3 is 7.69 Å². The van der Waals surface area contributed by atoms with Crippen LogP contribution in [0.25, 0.3) is 33.4 Å². The second-order valence-corrected chi connectivity index (χ2v) is 17.7. The van der Waals surface area contributed by atoms with Crippen LogP contribution in [-0.2, 0) is 12.8 Å². The largest absolute Gasteiger partial charge is 0.569 e. The van der Waals surface area contributed by atoms with Gasteiger partial charge in [-0.3, -0.25) is 30.3 Å². The van der Waals surface area contributed by atoms with Gasteiger partial charge in [-0.05, 0) is 133 Å². The minimum atomic E-state index is -0.402. The summed E-state index contributed by atoms with van der Waals surface area (Å²) in [6.45, 7) is 3.51. The highest BCUT2D eigenvalue weighted by Gasteiger charge is 2.15. The highest BCUT2D eigenvalue weighted by atomic mass is 79.9. The van der Waals surface area contributed by atoms with E-state index in [-0.39, 0.29) is 40.1 Å². The molecule has 4 aromatic heterocycles. The maximum atomic E-state index is 10.9. The minimum Gasteiger partial charge on any atom is -0.537 e. The quantitative estimate of drug-likeness (QED) is 0.0332. The average Bonchev–Trinajstić information content (AvgIpc) is 4.20. The molecule has 15 nitrogen and oxygen atoms in total. The van der Waals surface area contributed by atoms with Crippen LogP contribution in [0.4, 0.5) is 22.7 Å². The molecule has 0 fully saturated rings. The summed E-state index contributed by atoms with van der Waals surface area (Å²) in [7, 11) is 1.67. The number of thiophene rings is 4. The lowest BCUT2D eigenvalue weighted by Crippen LogP contribution is -1.98. The summed E-state index contributed by atoms with van der Waals surface area (Å²) in [5, 5.41) is 80.5. The van der Waals surface area contributed by atoms with Crippen molar-refractivity contribution in [2.45, 2.75) is 26.7 Å². The Morgan fingerprint density at radius 2 is 0.971 bits per heavy atom. The smallest absolute Gasteiger partial charge is 0.537 e. The Bertz CT molecular complexity index is 2740. The Morgan fingerprint density at radius 1 is 0.559 bits per heavy atom. The number of nitrogens with zero attached hydrogens (tertiary/aromatic N) is 3. The number of anilines is 1. The number of nitro benzene ring substituents is 3. The SMILES string of the molecule is CO.Cc1ccc(-c2ccsc2)cc1[N+](=O)[O-].Cc1ccc(Br)cc1[N+](=O)[O-].Nc1cc(-c2ccsc2)ccc1CCO.O=[N+]([O-])c1cc(-c2ccsc2)ccc1CCO.O[B]Oc1ccsc1. The van der Waals surface area contributed by atoms with Gasteiger partial charge < -0.3 is 30.7 Å². The molecule has 0 bridgehead atoms. The first-order valence-corrected chi connectivity index (χ1v) is 24.5. The molecule has 0 saturated heterocycles. The Hall–Kier alpha value is -6.14. The van der Waals surface area contributed by atoms with Crippen molar-refractivity contribution in [3.63, 3.8) is 0 Å². The number of aliphatic hydroxyl groups excluding tert-OH is 3. The van der Waals surface area contributed by atoms with E-state index >= 15 is 0 Å². The molecule has 0 aliphatic rings. The predicted molar refractivity (Wildman–Crippen MR) is 280 cm³/mol. The average molecular weight is 1060 g/mol. The number of nitro groups is 3. The normalized spacial score (nSPS) is 9.82. The van der Waals surface area contributed by atoms with Crippen molar-refractivity contribution in [2.75, 3.05) is 26.1 Å². The molecule has 355 valence electrons. The van der Waals surface area contributed by atoms with E-state index in [4.69, 9.17) is 26.1 Å². The molecule has 0 saturated carbocycles. The van der Waals surface area contributed by atoms with Crippen molar-refractivity contribution >= 4 is 91.7 Å². The number of nitrogens with two attached hydrogens (primary N) is 1. The molecule has 0 atom stereocenters. The van der Waals surface area contributed by atoms with E-state index in [1.807, 2.05) is 74.7 Å². The molecule has 21 heteroatoms. The number of hydrogen-bond donors (Lipinski definition) is 5. The van der Waals surface area contributed by atoms with E-state index in [9.17, 15) is 30.3 Å². The lowest BCUT2D eigenvalue weighted by molar-refractivity contribution is -0.385. The number of aryl methyl sites for hydroxylation is 2. The molecule has 4 heterocycles. The summed E-state index contributed by atoms with van der Waals surface area (Å²) in [6, 6.07) is 29.1. The highest BCUT2D eigenvalue weighted by molar-refractivity contribution is 9.10. The lowest BCUT2D eigenvalue weighted by atomic mass is 10.0. The van der Waals surface area contributed by atoms with E-state index in [2.05, 4.69) is 32.0 Å². The van der Waals surface area contributed by atoms with Gasteiger partial charge in [0.25, 0.3) is 17.1 Å². The molecule has 8 rings (SSSR count). The number of rotatable bonds is 12. The standard InChI is InChI=1S/C12H11NO3S.C12H13NOS.C11H9NO2S.C7H6BrNO2.C4H4BO2S.CH4O/c14-5-3-9-1-2-10(7-12(9)13(15)16)11-4-6-17-8-11;13-12-7-10(11-4-6-15-8-11)2-1-9(12)3-5-14;1-8-2-3-9(6-11(8)12(13)14)10-4-5-15-7-10;1-5-2-3-6(8)4-7(5)9(10)11;6-5-7-4-1-2-8-3-4;1-2/h1-2,4,6-8,14H,3,5H2;1-2,4,6-8,14H,3,5,13H2;2-7H,1H3;2-4H,1H3;1-3,6H;2H,1H3. The number of halogens is 1. The van der Waals surface area contributed by atoms with Crippen LogP contribution in [0.15, 0.2) is 145 Å². The molecule has 4 aromatic carbocycles. The third kappa shape index (κ3) is 18.2. The highest BCUT2D eigenvalue weighted by Crippen LogP contribution is 2.30. The minimum absolute atomic E-state index is 0.0720. The van der Waals surface area contributed by atoms with Crippen LogP contribution >= 0.6 is 61.3 Å². The Morgan fingerprint density at radius 3 is 1.38 bits per heavy atom. The van der Waals surface area contributed by atoms with Crippen molar-refractivity contribution < 1.29 is 39.8 Å². The van der Waals surface area contributed by atoms with E-state index < -0.39 is 4.92 Å². The van der Waals surface area contributed by atoms with Crippen molar-refractivity contribution in [3.8, 4) is 39.1 Å². The van der Waals surface area contributed by atoms with Gasteiger partial charge in [0.2, 0.25) is 0 Å². The number of nitrogen functional groups attached to an aromatic ring is 1. The third-order valence-electron chi connectivity index (χ3n) is 9.21. The first kappa shape index (κ1) is 56.2. The third-order valence-corrected chi connectivity index (χ3v) is 12.4. The summed E-state index contributed by atoms with van der Waals surface area (Å²) >= 11 is 9.49. The van der Waals surface area contributed by atoms with Gasteiger partial charge in [0.05, 0.1) is 14.8 Å². The van der Waals surface area contributed by atoms with Gasteiger partial charge in [-0.25, -0.2) is 0 Å². The van der Waals surface area contributed by atoms with E-state index in [1.54, 1.807) is 95.7 Å². The topological polar surface area (TPSA) is 246 Å². The molecule has 0 unspecified atom stereocenters. The van der Waals surface area contributed by atoms with E-state index in [1.165, 1.54) is 23.0 Å². The van der Waals surface area contributed by atoms with Gasteiger partial charge in [0.1, 0.15) is 5.75 Å². The van der Waals surface area contributed by atoms with Gasteiger partial charge in [0.15, 0.2) is 0 Å². The Labute approximate surface area is 417 Å². The van der Waals surface area contributed by atoms with Gasteiger partial charge in [0, 0.05) is 77.2 Å². The van der Waals surface area contributed by atoms with Crippen LogP contribution in [0.3, 0.4) is 0 Å². The summed E-state index contributed by atoms with van der Waals surface area (Å²) < 4.78 is 5.32. The van der Waals surface area contributed by atoms with Gasteiger partial charge in [-0.2, -0.15) is 34.0 Å². The lowest BCUT2D eigenvalue weighted by Gasteiger charge is -2.06. The van der Waals surface area contributed by atoms with E-state index in [0.29, 0.717) is 43.0 Å². The monoisotopic (exact) mass is 1060 g/mol. The molecule has 0 aliphatic heterocycles. The van der Waals surface area contributed by atoms with Crippen molar-refractivity contribution in [1.82, 2.24) is 0 Å². The fourth-order valence-corrected chi connectivity index (χ4v) is 8.70. The zero-order valence-electron chi connectivity index (χ0n) is 36.8. The van der Waals surface area contributed by atoms with Crippen molar-refractivity contribution in [1.29, 1.82) is 0 Å². The predicted octanol–water partition coefficient (Wildman–Crippen LogP) is 11.9. The zero-order chi connectivity index (χ0) is 50.0. The van der Waals surface area contributed by atoms with Crippen molar-refractivity contribution in [3.05, 3.63) is 197 Å². The van der Waals surface area contributed by atoms with E-state index in [0.717, 1.165) is 50.7 Å². The first-order valence-electron chi connectivity index (χ1n) is 20.0. The van der Waals surface area contributed by atoms with Gasteiger partial charge in [-0.15, -0.1) is 11.3 Å². The summed E-state index contributed by atoms with van der Waals surface area (Å²) in [5.74, 6) is 0.678. The van der Waals surface area contributed by atoms with Crippen LogP contribution in [0.1, 0.15) is 22.3 Å². The van der Waals surface area contributed by atoms with Crippen LogP contribution in [0.2, 0.25) is 0 Å². The van der Waals surface area contributed by atoms with Crippen LogP contribution in [0, 0.1) is 44.2 Å². The van der Waals surface area contributed by atoms with Crippen molar-refractivity contribution in [2.24, 2.45) is 0 Å². The molecule has 68 heavy (non-hydrogen) atoms. The number of hydrogen-bond acceptors (Lipinski definition) is 16. The summed E-state index contributed by atoms with van der Waals surface area (Å²) in [6.07, 6.45) is 0.927. The summed E-state index contributed by atoms with van der Waals surface area (Å²) in [5.41, 5.74) is 16.1. The Balaban J connectivity index is 0.000000227. The van der Waals surface area contributed by atoms with Crippen LogP contribution in [-0.4, -0.2) is 63.1 Å². The number of aliphatic hydroxyl groups is 3. The fraction of sp³-hybridized carbons (Fsp3) is 0.149. The summed E-state index contributed by atoms with van der Waals surface area (Å²) in [4.78, 5) is 30.9. The number of benzene rings is 4. The maximum Gasteiger partial charge on any atom is 0.569 e. The second kappa shape index (κ2) is 30.3. The van der Waals surface area contributed by atoms with Crippen LogP contribution in [0.5, 0.6) is 5.75 Å². The molecule has 0 spiro atoms. The van der Waals surface area contributed by atoms with Crippen LogP contribution < -0.4 is 10.4 Å². The molecule has 8 aromatic rings. The fourth-order valence-electron chi connectivity index (χ4n) is 5.80.